The van der Waals surface area contributed by atoms with Gasteiger partial charge in [-0.15, -0.1) is 24.0 Å². The molecule has 0 aliphatic rings. The van der Waals surface area contributed by atoms with Gasteiger partial charge in [0.05, 0.1) is 33.4 Å². The average Bonchev–Trinajstić information content (AvgIpc) is 2.71. The molecule has 0 atom stereocenters. The summed E-state index contributed by atoms with van der Waals surface area (Å²) in [5.41, 5.74) is 1.98. The monoisotopic (exact) mass is 519 g/mol. The van der Waals surface area contributed by atoms with Crippen LogP contribution in [0.15, 0.2) is 41.4 Å². The van der Waals surface area contributed by atoms with E-state index in [2.05, 4.69) is 15.6 Å². The lowest BCUT2D eigenvalue weighted by Crippen LogP contribution is -2.38. The Hall–Kier alpha value is -1.87. The summed E-state index contributed by atoms with van der Waals surface area (Å²) in [4.78, 5) is 4.26. The largest absolute Gasteiger partial charge is 0.496 e. The molecule has 154 valence electrons. The molecule has 2 N–H and O–H groups in total. The van der Waals surface area contributed by atoms with Crippen molar-refractivity contribution in [3.63, 3.8) is 0 Å². The average molecular weight is 520 g/mol. The van der Waals surface area contributed by atoms with Gasteiger partial charge < -0.3 is 24.8 Å². The normalized spacial score (nSPS) is 10.7. The molecule has 0 saturated carbocycles. The van der Waals surface area contributed by atoms with Crippen molar-refractivity contribution < 1.29 is 14.2 Å². The highest BCUT2D eigenvalue weighted by molar-refractivity contribution is 14.0. The van der Waals surface area contributed by atoms with E-state index in [1.165, 1.54) is 0 Å². The molecule has 0 radical (unpaired) electrons. The summed E-state index contributed by atoms with van der Waals surface area (Å²) in [5.74, 6) is 2.73. The molecule has 0 heterocycles. The van der Waals surface area contributed by atoms with Crippen LogP contribution in [0.4, 0.5) is 0 Å². The molecule has 0 aliphatic heterocycles. The van der Waals surface area contributed by atoms with Gasteiger partial charge in [0.25, 0.3) is 0 Å². The Kier molecular flexibility index (Phi) is 10.8. The van der Waals surface area contributed by atoms with E-state index in [0.717, 1.165) is 22.6 Å². The Morgan fingerprint density at radius 3 is 2.18 bits per heavy atom. The first kappa shape index (κ1) is 24.2. The molecular formula is C20H27ClIN3O3. The van der Waals surface area contributed by atoms with Crippen LogP contribution in [0, 0.1) is 0 Å². The van der Waals surface area contributed by atoms with Gasteiger partial charge >= 0.3 is 0 Å². The minimum atomic E-state index is 0. The SMILES string of the molecule is CN=C(NCCc1ccccc1Cl)NCc1c(OC)cc(OC)cc1OC.I. The topological polar surface area (TPSA) is 64.1 Å². The predicted octanol–water partition coefficient (Wildman–Crippen LogP) is 3.89. The van der Waals surface area contributed by atoms with Crippen LogP contribution in [-0.2, 0) is 13.0 Å². The molecule has 2 aromatic carbocycles. The van der Waals surface area contributed by atoms with Crippen molar-refractivity contribution in [1.29, 1.82) is 0 Å². The van der Waals surface area contributed by atoms with E-state index in [1.807, 2.05) is 36.4 Å². The van der Waals surface area contributed by atoms with Crippen molar-refractivity contribution in [3.05, 3.63) is 52.5 Å². The minimum absolute atomic E-state index is 0. The van der Waals surface area contributed by atoms with Crippen molar-refractivity contribution in [2.24, 2.45) is 4.99 Å². The van der Waals surface area contributed by atoms with Crippen LogP contribution in [0.1, 0.15) is 11.1 Å². The van der Waals surface area contributed by atoms with Gasteiger partial charge in [0.15, 0.2) is 5.96 Å². The molecule has 2 rings (SSSR count). The maximum atomic E-state index is 6.19. The zero-order valence-corrected chi connectivity index (χ0v) is 19.6. The van der Waals surface area contributed by atoms with Crippen LogP contribution in [0.25, 0.3) is 0 Å². The first-order valence-corrected chi connectivity index (χ1v) is 8.97. The number of benzene rings is 2. The predicted molar refractivity (Wildman–Crippen MR) is 125 cm³/mol. The maximum Gasteiger partial charge on any atom is 0.191 e. The second kappa shape index (κ2) is 12.6. The second-order valence-corrected chi connectivity index (χ2v) is 6.11. The first-order chi connectivity index (χ1) is 13.1. The molecule has 0 aromatic heterocycles. The standard InChI is InChI=1S/C20H26ClN3O3.HI/c1-22-20(23-10-9-14-7-5-6-8-17(14)21)24-13-16-18(26-3)11-15(25-2)12-19(16)27-4;/h5-8,11-12H,9-10,13H2,1-4H3,(H2,22,23,24);1H. The van der Waals surface area contributed by atoms with Gasteiger partial charge in [-0.1, -0.05) is 29.8 Å². The molecule has 0 unspecified atom stereocenters. The highest BCUT2D eigenvalue weighted by Gasteiger charge is 2.13. The number of nitrogens with zero attached hydrogens (tertiary/aromatic N) is 1. The molecule has 0 fully saturated rings. The zero-order chi connectivity index (χ0) is 19.6. The van der Waals surface area contributed by atoms with Crippen molar-refractivity contribution in [1.82, 2.24) is 10.6 Å². The summed E-state index contributed by atoms with van der Waals surface area (Å²) in [5, 5.41) is 7.34. The molecular weight excluding hydrogens is 493 g/mol. The molecule has 8 heteroatoms. The van der Waals surface area contributed by atoms with Gasteiger partial charge in [-0.2, -0.15) is 0 Å². The van der Waals surface area contributed by atoms with E-state index in [0.29, 0.717) is 36.3 Å². The number of ether oxygens (including phenoxy) is 3. The van der Waals surface area contributed by atoms with Crippen LogP contribution in [-0.4, -0.2) is 40.9 Å². The highest BCUT2D eigenvalue weighted by Crippen LogP contribution is 2.33. The van der Waals surface area contributed by atoms with Gasteiger partial charge in [0.2, 0.25) is 0 Å². The number of halogens is 2. The molecule has 0 bridgehead atoms. The summed E-state index contributed by atoms with van der Waals surface area (Å²) in [6, 6.07) is 11.5. The Morgan fingerprint density at radius 1 is 1.00 bits per heavy atom. The number of hydrogen-bond donors (Lipinski definition) is 2. The lowest BCUT2D eigenvalue weighted by molar-refractivity contribution is 0.368. The van der Waals surface area contributed by atoms with Gasteiger partial charge in [0.1, 0.15) is 17.2 Å². The Labute approximate surface area is 188 Å². The van der Waals surface area contributed by atoms with Crippen molar-refractivity contribution in [3.8, 4) is 17.2 Å². The van der Waals surface area contributed by atoms with Crippen LogP contribution in [0.5, 0.6) is 17.2 Å². The Balaban J connectivity index is 0.00000392. The van der Waals surface area contributed by atoms with E-state index in [9.17, 15) is 0 Å². The van der Waals surface area contributed by atoms with Crippen LogP contribution < -0.4 is 24.8 Å². The van der Waals surface area contributed by atoms with Crippen molar-refractivity contribution in [2.75, 3.05) is 34.9 Å². The molecule has 2 aromatic rings. The minimum Gasteiger partial charge on any atom is -0.496 e. The van der Waals surface area contributed by atoms with Gasteiger partial charge in [-0.05, 0) is 18.1 Å². The lowest BCUT2D eigenvalue weighted by Gasteiger charge is -2.17. The van der Waals surface area contributed by atoms with Gasteiger partial charge in [-0.3, -0.25) is 4.99 Å². The molecule has 0 amide bonds. The lowest BCUT2D eigenvalue weighted by atomic mass is 10.1. The quantitative estimate of drug-likeness (QED) is 0.315. The molecule has 6 nitrogen and oxygen atoms in total. The van der Waals surface area contributed by atoms with E-state index in [-0.39, 0.29) is 24.0 Å². The summed E-state index contributed by atoms with van der Waals surface area (Å²) >= 11 is 6.19. The smallest absolute Gasteiger partial charge is 0.191 e. The van der Waals surface area contributed by atoms with Crippen LogP contribution >= 0.6 is 35.6 Å². The number of rotatable bonds is 8. The number of nitrogens with one attached hydrogen (secondary N) is 2. The highest BCUT2D eigenvalue weighted by atomic mass is 127. The fourth-order valence-corrected chi connectivity index (χ4v) is 2.89. The summed E-state index contributed by atoms with van der Waals surface area (Å²) in [6.07, 6.45) is 0.801. The Morgan fingerprint density at radius 2 is 1.64 bits per heavy atom. The summed E-state index contributed by atoms with van der Waals surface area (Å²) in [7, 11) is 6.58. The Bertz CT molecular complexity index is 762. The molecule has 28 heavy (non-hydrogen) atoms. The zero-order valence-electron chi connectivity index (χ0n) is 16.5. The fourth-order valence-electron chi connectivity index (χ4n) is 2.66. The third kappa shape index (κ3) is 6.63. The number of hydrogen-bond acceptors (Lipinski definition) is 4. The number of methoxy groups -OCH3 is 3. The van der Waals surface area contributed by atoms with E-state index >= 15 is 0 Å². The van der Waals surface area contributed by atoms with E-state index in [1.54, 1.807) is 28.4 Å². The van der Waals surface area contributed by atoms with Gasteiger partial charge in [0, 0.05) is 30.7 Å². The maximum absolute atomic E-state index is 6.19. The van der Waals surface area contributed by atoms with Crippen LogP contribution in [0.3, 0.4) is 0 Å². The van der Waals surface area contributed by atoms with Gasteiger partial charge in [-0.25, -0.2) is 0 Å². The molecule has 0 aliphatic carbocycles. The second-order valence-electron chi connectivity index (χ2n) is 5.70. The fraction of sp³-hybridized carbons (Fsp3) is 0.350. The first-order valence-electron chi connectivity index (χ1n) is 8.59. The number of guanidine groups is 1. The number of aliphatic imine (C=N–C) groups is 1. The van der Waals surface area contributed by atoms with E-state index < -0.39 is 0 Å². The molecule has 0 spiro atoms. The third-order valence-electron chi connectivity index (χ3n) is 4.12. The van der Waals surface area contributed by atoms with E-state index in [4.69, 9.17) is 25.8 Å². The van der Waals surface area contributed by atoms with Crippen molar-refractivity contribution >= 4 is 41.5 Å². The summed E-state index contributed by atoms with van der Waals surface area (Å²) < 4.78 is 16.2. The van der Waals surface area contributed by atoms with Crippen LogP contribution in [0.2, 0.25) is 5.02 Å². The molecule has 0 saturated heterocycles. The third-order valence-corrected chi connectivity index (χ3v) is 4.49. The summed E-state index contributed by atoms with van der Waals surface area (Å²) in [6.45, 7) is 1.20. The van der Waals surface area contributed by atoms with Crippen molar-refractivity contribution in [2.45, 2.75) is 13.0 Å².